The molecule has 0 spiro atoms. The molecule has 1 aliphatic rings. The first-order valence-electron chi connectivity index (χ1n) is 7.51. The standard InChI is InChI=1S/C16H25N3O2/c1-11(8-17)16(20)18-14-6-4-5-7-15(14)19-9-12(2)21-13(3)10-19/h4-7,11-13H,8-10,17H2,1-3H3,(H,18,20). The molecule has 1 aliphatic heterocycles. The van der Waals surface area contributed by atoms with E-state index >= 15 is 0 Å². The molecule has 0 aromatic heterocycles. The van der Waals surface area contributed by atoms with Crippen molar-refractivity contribution in [2.24, 2.45) is 11.7 Å². The van der Waals surface area contributed by atoms with E-state index in [1.807, 2.05) is 31.2 Å². The molecule has 3 N–H and O–H groups in total. The molecule has 1 heterocycles. The first kappa shape index (κ1) is 15.8. The third kappa shape index (κ3) is 3.95. The van der Waals surface area contributed by atoms with Crippen LogP contribution in [-0.2, 0) is 9.53 Å². The highest BCUT2D eigenvalue weighted by Gasteiger charge is 2.24. The monoisotopic (exact) mass is 291 g/mol. The van der Waals surface area contributed by atoms with Crippen molar-refractivity contribution in [1.29, 1.82) is 0 Å². The highest BCUT2D eigenvalue weighted by molar-refractivity contribution is 5.95. The molecule has 116 valence electrons. The van der Waals surface area contributed by atoms with Crippen molar-refractivity contribution in [3.05, 3.63) is 24.3 Å². The van der Waals surface area contributed by atoms with Crippen LogP contribution in [0.25, 0.3) is 0 Å². The second kappa shape index (κ2) is 6.91. The fourth-order valence-corrected chi connectivity index (χ4v) is 2.59. The number of morpholine rings is 1. The van der Waals surface area contributed by atoms with Crippen LogP contribution in [0, 0.1) is 5.92 Å². The zero-order valence-corrected chi connectivity index (χ0v) is 13.0. The Labute approximate surface area is 126 Å². The first-order valence-corrected chi connectivity index (χ1v) is 7.51. The smallest absolute Gasteiger partial charge is 0.228 e. The van der Waals surface area contributed by atoms with E-state index in [1.54, 1.807) is 0 Å². The van der Waals surface area contributed by atoms with Crippen LogP contribution in [0.15, 0.2) is 24.3 Å². The number of rotatable bonds is 4. The van der Waals surface area contributed by atoms with Crippen LogP contribution in [0.1, 0.15) is 20.8 Å². The number of carbonyl (C=O) groups excluding carboxylic acids is 1. The Balaban J connectivity index is 2.18. The van der Waals surface area contributed by atoms with E-state index in [-0.39, 0.29) is 24.0 Å². The third-order valence-corrected chi connectivity index (χ3v) is 3.72. The predicted molar refractivity (Wildman–Crippen MR) is 85.5 cm³/mol. The van der Waals surface area contributed by atoms with E-state index in [4.69, 9.17) is 10.5 Å². The summed E-state index contributed by atoms with van der Waals surface area (Å²) in [4.78, 5) is 14.3. The topological polar surface area (TPSA) is 67.6 Å². The molecule has 0 saturated carbocycles. The normalized spacial score (nSPS) is 23.7. The van der Waals surface area contributed by atoms with Crippen LogP contribution in [0.5, 0.6) is 0 Å². The Bertz CT molecular complexity index is 482. The third-order valence-electron chi connectivity index (χ3n) is 3.72. The average Bonchev–Trinajstić information content (AvgIpc) is 2.45. The number of benzene rings is 1. The number of nitrogens with two attached hydrogens (primary N) is 1. The minimum absolute atomic E-state index is 0.0423. The molecular formula is C16H25N3O2. The number of para-hydroxylation sites is 2. The van der Waals surface area contributed by atoms with Crippen molar-refractivity contribution in [2.75, 3.05) is 29.9 Å². The van der Waals surface area contributed by atoms with Crippen LogP contribution in [-0.4, -0.2) is 37.7 Å². The molecule has 5 nitrogen and oxygen atoms in total. The Hall–Kier alpha value is -1.59. The van der Waals surface area contributed by atoms with Gasteiger partial charge in [0.05, 0.1) is 23.6 Å². The predicted octanol–water partition coefficient (Wildman–Crippen LogP) is 1.83. The second-order valence-corrected chi connectivity index (χ2v) is 5.81. The van der Waals surface area contributed by atoms with Gasteiger partial charge in [-0.05, 0) is 26.0 Å². The Kier molecular flexibility index (Phi) is 5.20. The molecule has 1 aromatic rings. The van der Waals surface area contributed by atoms with Gasteiger partial charge in [0.2, 0.25) is 5.91 Å². The highest BCUT2D eigenvalue weighted by atomic mass is 16.5. The lowest BCUT2D eigenvalue weighted by molar-refractivity contribution is -0.119. The highest BCUT2D eigenvalue weighted by Crippen LogP contribution is 2.28. The Morgan fingerprint density at radius 1 is 1.38 bits per heavy atom. The molecule has 1 amide bonds. The Morgan fingerprint density at radius 3 is 2.62 bits per heavy atom. The summed E-state index contributed by atoms with van der Waals surface area (Å²) in [6.45, 7) is 7.96. The molecule has 5 heteroatoms. The summed E-state index contributed by atoms with van der Waals surface area (Å²) < 4.78 is 5.77. The largest absolute Gasteiger partial charge is 0.372 e. The van der Waals surface area contributed by atoms with E-state index in [2.05, 4.69) is 24.1 Å². The zero-order chi connectivity index (χ0) is 15.4. The number of nitrogens with zero attached hydrogens (tertiary/aromatic N) is 1. The van der Waals surface area contributed by atoms with Gasteiger partial charge in [-0.1, -0.05) is 19.1 Å². The molecule has 1 saturated heterocycles. The van der Waals surface area contributed by atoms with Gasteiger partial charge < -0.3 is 20.7 Å². The summed E-state index contributed by atoms with van der Waals surface area (Å²) in [7, 11) is 0. The van der Waals surface area contributed by atoms with Gasteiger partial charge in [-0.3, -0.25) is 4.79 Å². The van der Waals surface area contributed by atoms with Gasteiger partial charge in [0.25, 0.3) is 0 Å². The minimum Gasteiger partial charge on any atom is -0.372 e. The van der Waals surface area contributed by atoms with Crippen LogP contribution >= 0.6 is 0 Å². The molecule has 21 heavy (non-hydrogen) atoms. The molecular weight excluding hydrogens is 266 g/mol. The molecule has 0 radical (unpaired) electrons. The van der Waals surface area contributed by atoms with E-state index < -0.39 is 0 Å². The molecule has 0 bridgehead atoms. The Morgan fingerprint density at radius 2 is 2.00 bits per heavy atom. The van der Waals surface area contributed by atoms with Gasteiger partial charge in [0.1, 0.15) is 0 Å². The van der Waals surface area contributed by atoms with Gasteiger partial charge in [-0.15, -0.1) is 0 Å². The molecule has 3 atom stereocenters. The summed E-state index contributed by atoms with van der Waals surface area (Å²) in [5, 5.41) is 2.99. The van der Waals surface area contributed by atoms with Crippen LogP contribution in [0.3, 0.4) is 0 Å². The summed E-state index contributed by atoms with van der Waals surface area (Å²) in [5.41, 5.74) is 7.43. The number of ether oxygens (including phenoxy) is 1. The van der Waals surface area contributed by atoms with Crippen LogP contribution in [0.4, 0.5) is 11.4 Å². The maximum absolute atomic E-state index is 12.1. The molecule has 1 aromatic carbocycles. The summed E-state index contributed by atoms with van der Waals surface area (Å²) in [6, 6.07) is 7.89. The maximum Gasteiger partial charge on any atom is 0.228 e. The number of nitrogens with one attached hydrogen (secondary N) is 1. The number of anilines is 2. The van der Waals surface area contributed by atoms with E-state index in [9.17, 15) is 4.79 Å². The molecule has 3 unspecified atom stereocenters. The average molecular weight is 291 g/mol. The second-order valence-electron chi connectivity index (χ2n) is 5.81. The van der Waals surface area contributed by atoms with E-state index in [0.717, 1.165) is 24.5 Å². The van der Waals surface area contributed by atoms with Crippen LogP contribution < -0.4 is 16.0 Å². The van der Waals surface area contributed by atoms with Crippen molar-refractivity contribution in [3.8, 4) is 0 Å². The lowest BCUT2D eigenvalue weighted by Gasteiger charge is -2.37. The van der Waals surface area contributed by atoms with Crippen molar-refractivity contribution >= 4 is 17.3 Å². The minimum atomic E-state index is -0.194. The summed E-state index contributed by atoms with van der Waals surface area (Å²) in [5.74, 6) is -0.236. The van der Waals surface area contributed by atoms with Gasteiger partial charge >= 0.3 is 0 Å². The molecule has 2 rings (SSSR count). The maximum atomic E-state index is 12.1. The van der Waals surface area contributed by atoms with Crippen molar-refractivity contribution in [2.45, 2.75) is 33.0 Å². The first-order chi connectivity index (χ1) is 10.0. The van der Waals surface area contributed by atoms with Crippen molar-refractivity contribution < 1.29 is 9.53 Å². The SMILES string of the molecule is CC1CN(c2ccccc2NC(=O)C(C)CN)CC(C)O1. The lowest BCUT2D eigenvalue weighted by atomic mass is 10.1. The summed E-state index contributed by atoms with van der Waals surface area (Å²) >= 11 is 0. The van der Waals surface area contributed by atoms with Gasteiger partial charge in [-0.25, -0.2) is 0 Å². The fraction of sp³-hybridized carbons (Fsp3) is 0.562. The molecule has 0 aliphatic carbocycles. The number of amides is 1. The fourth-order valence-electron chi connectivity index (χ4n) is 2.59. The van der Waals surface area contributed by atoms with Gasteiger partial charge in [-0.2, -0.15) is 0 Å². The van der Waals surface area contributed by atoms with E-state index in [0.29, 0.717) is 6.54 Å². The number of hydrogen-bond acceptors (Lipinski definition) is 4. The quantitative estimate of drug-likeness (QED) is 0.888. The van der Waals surface area contributed by atoms with Crippen LogP contribution in [0.2, 0.25) is 0 Å². The lowest BCUT2D eigenvalue weighted by Crippen LogP contribution is -2.45. The summed E-state index contributed by atoms with van der Waals surface area (Å²) in [6.07, 6.45) is 0.362. The molecule has 1 fully saturated rings. The van der Waals surface area contributed by atoms with Gasteiger partial charge in [0, 0.05) is 25.6 Å². The van der Waals surface area contributed by atoms with E-state index in [1.165, 1.54) is 0 Å². The zero-order valence-electron chi connectivity index (χ0n) is 13.0. The van der Waals surface area contributed by atoms with Crippen molar-refractivity contribution in [1.82, 2.24) is 0 Å². The number of hydrogen-bond donors (Lipinski definition) is 2. The van der Waals surface area contributed by atoms with Gasteiger partial charge in [0.15, 0.2) is 0 Å². The van der Waals surface area contributed by atoms with Crippen molar-refractivity contribution in [3.63, 3.8) is 0 Å². The number of carbonyl (C=O) groups is 1.